The fourth-order valence-corrected chi connectivity index (χ4v) is 2.26. The highest BCUT2D eigenvalue weighted by Gasteiger charge is 2.18. The van der Waals surface area contributed by atoms with E-state index in [2.05, 4.69) is 24.3 Å². The largest absolute Gasteiger partial charge is 0.276 e. The normalized spacial score (nSPS) is 22.4. The molecule has 2 nitrogen and oxygen atoms in total. The lowest BCUT2D eigenvalue weighted by Crippen LogP contribution is -2.05. The third-order valence-electron chi connectivity index (χ3n) is 3.23. The Morgan fingerprint density at radius 1 is 1.43 bits per heavy atom. The minimum absolute atomic E-state index is 0.743. The summed E-state index contributed by atoms with van der Waals surface area (Å²) in [6, 6.07) is 0. The second-order valence-electron chi connectivity index (χ2n) is 4.17. The first kappa shape index (κ1) is 9.50. The molecule has 0 saturated heterocycles. The van der Waals surface area contributed by atoms with Gasteiger partial charge in [0.1, 0.15) is 0 Å². The van der Waals surface area contributed by atoms with Gasteiger partial charge in [0.25, 0.3) is 0 Å². The van der Waals surface area contributed by atoms with Crippen LogP contribution in [0.1, 0.15) is 44.1 Å². The lowest BCUT2D eigenvalue weighted by molar-refractivity contribution is 0.516. The summed E-state index contributed by atoms with van der Waals surface area (Å²) in [4.78, 5) is 0. The van der Waals surface area contributed by atoms with Crippen LogP contribution in [0.15, 0.2) is 24.0 Å². The highest BCUT2D eigenvalue weighted by molar-refractivity contribution is 5.16. The topological polar surface area (TPSA) is 17.8 Å². The standard InChI is InChI=1S/C12H18N2/c1-3-10-4-6-11(7-5-10)12-8-13-14(2)9-12/h3,8-9,11H,4-7H2,1-2H3. The minimum atomic E-state index is 0.743. The summed E-state index contributed by atoms with van der Waals surface area (Å²) in [5.74, 6) is 0.743. The lowest BCUT2D eigenvalue weighted by Gasteiger charge is -2.22. The third-order valence-corrected chi connectivity index (χ3v) is 3.23. The monoisotopic (exact) mass is 190 g/mol. The van der Waals surface area contributed by atoms with Gasteiger partial charge in [0, 0.05) is 13.2 Å². The average molecular weight is 190 g/mol. The van der Waals surface area contributed by atoms with Gasteiger partial charge in [0.2, 0.25) is 0 Å². The molecule has 0 spiro atoms. The quantitative estimate of drug-likeness (QED) is 0.622. The molecular formula is C12H18N2. The Morgan fingerprint density at radius 2 is 2.14 bits per heavy atom. The van der Waals surface area contributed by atoms with Crippen molar-refractivity contribution in [3.05, 3.63) is 29.6 Å². The Bertz CT molecular complexity index is 326. The van der Waals surface area contributed by atoms with E-state index in [9.17, 15) is 0 Å². The molecule has 0 radical (unpaired) electrons. The molecule has 1 heterocycles. The molecule has 1 saturated carbocycles. The number of hydrogen-bond acceptors (Lipinski definition) is 1. The van der Waals surface area contributed by atoms with Crippen molar-refractivity contribution in [1.29, 1.82) is 0 Å². The maximum absolute atomic E-state index is 4.23. The van der Waals surface area contributed by atoms with Gasteiger partial charge in [0.15, 0.2) is 0 Å². The van der Waals surface area contributed by atoms with E-state index in [0.717, 1.165) is 5.92 Å². The van der Waals surface area contributed by atoms with Crippen molar-refractivity contribution in [3.8, 4) is 0 Å². The molecule has 0 N–H and O–H groups in total. The van der Waals surface area contributed by atoms with Crippen LogP contribution >= 0.6 is 0 Å². The summed E-state index contributed by atoms with van der Waals surface area (Å²) >= 11 is 0. The second-order valence-corrected chi connectivity index (χ2v) is 4.17. The maximum Gasteiger partial charge on any atom is 0.0524 e. The van der Waals surface area contributed by atoms with Gasteiger partial charge in [-0.2, -0.15) is 5.10 Å². The predicted octanol–water partition coefficient (Wildman–Crippen LogP) is 3.02. The summed E-state index contributed by atoms with van der Waals surface area (Å²) in [5.41, 5.74) is 3.05. The molecule has 0 aliphatic heterocycles. The average Bonchev–Trinajstić information content (AvgIpc) is 2.65. The van der Waals surface area contributed by atoms with Gasteiger partial charge in [-0.1, -0.05) is 11.6 Å². The van der Waals surface area contributed by atoms with Crippen LogP contribution in [0.2, 0.25) is 0 Å². The smallest absolute Gasteiger partial charge is 0.0524 e. The predicted molar refractivity (Wildman–Crippen MR) is 58.2 cm³/mol. The Kier molecular flexibility index (Phi) is 2.71. The first-order valence-electron chi connectivity index (χ1n) is 5.42. The summed E-state index contributed by atoms with van der Waals surface area (Å²) in [6.07, 6.45) is 11.6. The molecule has 76 valence electrons. The minimum Gasteiger partial charge on any atom is -0.276 e. The molecule has 1 fully saturated rings. The van der Waals surface area contributed by atoms with Crippen LogP contribution < -0.4 is 0 Å². The van der Waals surface area contributed by atoms with E-state index in [1.54, 1.807) is 5.57 Å². The molecule has 0 atom stereocenters. The van der Waals surface area contributed by atoms with Gasteiger partial charge >= 0.3 is 0 Å². The highest BCUT2D eigenvalue weighted by Crippen LogP contribution is 2.34. The molecule has 0 amide bonds. The fraction of sp³-hybridized carbons (Fsp3) is 0.583. The van der Waals surface area contributed by atoms with Crippen molar-refractivity contribution in [2.24, 2.45) is 7.05 Å². The van der Waals surface area contributed by atoms with Crippen LogP contribution in [0.5, 0.6) is 0 Å². The number of aryl methyl sites for hydroxylation is 1. The summed E-state index contributed by atoms with van der Waals surface area (Å²) in [6.45, 7) is 2.15. The lowest BCUT2D eigenvalue weighted by atomic mass is 9.83. The van der Waals surface area contributed by atoms with Crippen molar-refractivity contribution in [2.75, 3.05) is 0 Å². The SMILES string of the molecule is CC=C1CCC(c2cnn(C)c2)CC1. The van der Waals surface area contributed by atoms with E-state index < -0.39 is 0 Å². The first-order chi connectivity index (χ1) is 6.79. The zero-order chi connectivity index (χ0) is 9.97. The summed E-state index contributed by atoms with van der Waals surface area (Å²) < 4.78 is 1.90. The maximum atomic E-state index is 4.23. The molecule has 1 aliphatic rings. The molecule has 14 heavy (non-hydrogen) atoms. The number of nitrogens with zero attached hydrogens (tertiary/aromatic N) is 2. The van der Waals surface area contributed by atoms with E-state index in [1.165, 1.54) is 31.2 Å². The van der Waals surface area contributed by atoms with Crippen LogP contribution in [0, 0.1) is 0 Å². The first-order valence-corrected chi connectivity index (χ1v) is 5.42. The number of hydrogen-bond donors (Lipinski definition) is 0. The van der Waals surface area contributed by atoms with Crippen LogP contribution in [0.3, 0.4) is 0 Å². The van der Waals surface area contributed by atoms with Crippen molar-refractivity contribution >= 4 is 0 Å². The molecule has 2 rings (SSSR count). The van der Waals surface area contributed by atoms with E-state index in [-0.39, 0.29) is 0 Å². The van der Waals surface area contributed by atoms with Gasteiger partial charge in [-0.05, 0) is 44.1 Å². The Labute approximate surface area is 85.6 Å². The van der Waals surface area contributed by atoms with Crippen molar-refractivity contribution < 1.29 is 0 Å². The van der Waals surface area contributed by atoms with Crippen molar-refractivity contribution in [1.82, 2.24) is 9.78 Å². The molecule has 0 aromatic carbocycles. The van der Waals surface area contributed by atoms with Gasteiger partial charge in [0.05, 0.1) is 6.20 Å². The molecular weight excluding hydrogens is 172 g/mol. The van der Waals surface area contributed by atoms with Crippen molar-refractivity contribution in [3.63, 3.8) is 0 Å². The molecule has 0 bridgehead atoms. The van der Waals surface area contributed by atoms with Gasteiger partial charge in [-0.15, -0.1) is 0 Å². The second kappa shape index (κ2) is 3.99. The van der Waals surface area contributed by atoms with E-state index in [1.807, 2.05) is 17.9 Å². The zero-order valence-electron chi connectivity index (χ0n) is 9.03. The van der Waals surface area contributed by atoms with E-state index in [4.69, 9.17) is 0 Å². The van der Waals surface area contributed by atoms with Gasteiger partial charge < -0.3 is 0 Å². The third kappa shape index (κ3) is 1.89. The van der Waals surface area contributed by atoms with Crippen LogP contribution in [-0.2, 0) is 7.05 Å². The van der Waals surface area contributed by atoms with Crippen molar-refractivity contribution in [2.45, 2.75) is 38.5 Å². The Morgan fingerprint density at radius 3 is 2.64 bits per heavy atom. The fourth-order valence-electron chi connectivity index (χ4n) is 2.26. The number of aromatic nitrogens is 2. The van der Waals surface area contributed by atoms with Gasteiger partial charge in [-0.3, -0.25) is 4.68 Å². The van der Waals surface area contributed by atoms with Gasteiger partial charge in [-0.25, -0.2) is 0 Å². The molecule has 2 heteroatoms. The summed E-state index contributed by atoms with van der Waals surface area (Å²) in [5, 5.41) is 4.23. The number of allylic oxidation sites excluding steroid dienone is 2. The molecule has 1 aromatic rings. The Hall–Kier alpha value is -1.05. The van der Waals surface area contributed by atoms with E-state index in [0.29, 0.717) is 0 Å². The van der Waals surface area contributed by atoms with Crippen LogP contribution in [-0.4, -0.2) is 9.78 Å². The molecule has 1 aromatic heterocycles. The molecule has 1 aliphatic carbocycles. The van der Waals surface area contributed by atoms with Crippen LogP contribution in [0.25, 0.3) is 0 Å². The molecule has 0 unspecified atom stereocenters. The highest BCUT2D eigenvalue weighted by atomic mass is 15.2. The van der Waals surface area contributed by atoms with Crippen LogP contribution in [0.4, 0.5) is 0 Å². The van der Waals surface area contributed by atoms with E-state index >= 15 is 0 Å². The summed E-state index contributed by atoms with van der Waals surface area (Å²) in [7, 11) is 1.99. The number of rotatable bonds is 1. The Balaban J connectivity index is 2.02. The zero-order valence-corrected chi connectivity index (χ0v) is 9.03.